The number of benzene rings is 2. The van der Waals surface area contributed by atoms with E-state index in [-0.39, 0.29) is 35.0 Å². The summed E-state index contributed by atoms with van der Waals surface area (Å²) in [7, 11) is -2.57. The molecule has 2 amide bonds. The maximum Gasteiger partial charge on any atom is 0.244 e. The third kappa shape index (κ3) is 7.90. The molecular formula is C24H30Cl3N3O5S. The molecule has 0 spiro atoms. The van der Waals surface area contributed by atoms with Crippen LogP contribution in [-0.2, 0) is 26.2 Å². The largest absolute Gasteiger partial charge is 0.495 e. The number of amides is 2. The molecule has 36 heavy (non-hydrogen) atoms. The Hall–Kier alpha value is -2.20. The van der Waals surface area contributed by atoms with Gasteiger partial charge in [0.25, 0.3) is 0 Å². The molecule has 0 aliphatic carbocycles. The summed E-state index contributed by atoms with van der Waals surface area (Å²) >= 11 is 18.5. The number of sulfonamides is 1. The molecule has 0 fully saturated rings. The van der Waals surface area contributed by atoms with Gasteiger partial charge in [0, 0.05) is 27.7 Å². The molecule has 8 nitrogen and oxygen atoms in total. The van der Waals surface area contributed by atoms with Gasteiger partial charge in [-0.1, -0.05) is 47.8 Å². The lowest BCUT2D eigenvalue weighted by molar-refractivity contribution is -0.139. The Morgan fingerprint density at radius 1 is 1.06 bits per heavy atom. The van der Waals surface area contributed by atoms with Crippen molar-refractivity contribution in [1.82, 2.24) is 10.2 Å². The smallest absolute Gasteiger partial charge is 0.244 e. The van der Waals surface area contributed by atoms with Crippen molar-refractivity contribution < 1.29 is 22.7 Å². The van der Waals surface area contributed by atoms with Crippen LogP contribution in [0.25, 0.3) is 0 Å². The molecule has 0 saturated carbocycles. The first-order chi connectivity index (χ1) is 16.8. The van der Waals surface area contributed by atoms with Crippen LogP contribution in [0, 0.1) is 0 Å². The third-order valence-corrected chi connectivity index (χ3v) is 7.56. The van der Waals surface area contributed by atoms with Gasteiger partial charge in [-0.15, -0.1) is 0 Å². The fraction of sp³-hybridized carbons (Fsp3) is 0.417. The fourth-order valence-electron chi connectivity index (χ4n) is 3.33. The minimum atomic E-state index is -3.95. The van der Waals surface area contributed by atoms with Crippen molar-refractivity contribution in [2.45, 2.75) is 45.8 Å². The van der Waals surface area contributed by atoms with E-state index in [2.05, 4.69) is 5.32 Å². The second-order valence-electron chi connectivity index (χ2n) is 8.34. The Balaban J connectivity index is 2.49. The predicted octanol–water partition coefficient (Wildman–Crippen LogP) is 4.75. The van der Waals surface area contributed by atoms with Gasteiger partial charge in [0.05, 0.1) is 19.1 Å². The third-order valence-electron chi connectivity index (χ3n) is 5.61. The summed E-state index contributed by atoms with van der Waals surface area (Å²) in [6.45, 7) is 4.71. The zero-order valence-corrected chi connectivity index (χ0v) is 23.8. The molecule has 0 heterocycles. The highest BCUT2D eigenvalue weighted by atomic mass is 35.5. The Labute approximate surface area is 227 Å². The zero-order valence-electron chi connectivity index (χ0n) is 20.7. The Morgan fingerprint density at radius 2 is 1.67 bits per heavy atom. The number of carbonyl (C=O) groups excluding carboxylic acids is 2. The van der Waals surface area contributed by atoms with Crippen LogP contribution in [0.1, 0.15) is 32.8 Å². The molecule has 0 radical (unpaired) electrons. The van der Waals surface area contributed by atoms with E-state index in [0.717, 1.165) is 10.6 Å². The minimum absolute atomic E-state index is 0.0474. The number of methoxy groups -OCH3 is 1. The normalized spacial score (nSPS) is 13.0. The van der Waals surface area contributed by atoms with Gasteiger partial charge in [-0.05, 0) is 56.2 Å². The van der Waals surface area contributed by atoms with E-state index in [1.165, 1.54) is 30.2 Å². The standard InChI is InChI=1S/C24H30Cl3N3O5S/c1-6-15(2)28-24(32)16(3)29(13-17-7-8-18(25)11-20(17)27)23(31)14-30(36(5,33)34)21-12-19(26)9-10-22(21)35-4/h7-12,15-16H,6,13-14H2,1-5H3,(H,28,32)/t15-,16-/m0/s1. The molecule has 12 heteroatoms. The van der Waals surface area contributed by atoms with E-state index in [1.807, 2.05) is 13.8 Å². The number of rotatable bonds is 11. The predicted molar refractivity (Wildman–Crippen MR) is 145 cm³/mol. The maximum atomic E-state index is 13.6. The van der Waals surface area contributed by atoms with Crippen molar-refractivity contribution in [3.8, 4) is 5.75 Å². The molecule has 2 rings (SSSR count). The monoisotopic (exact) mass is 577 g/mol. The molecule has 2 aromatic carbocycles. The Morgan fingerprint density at radius 3 is 2.22 bits per heavy atom. The summed E-state index contributed by atoms with van der Waals surface area (Å²) in [4.78, 5) is 27.9. The van der Waals surface area contributed by atoms with Crippen LogP contribution in [0.4, 0.5) is 5.69 Å². The van der Waals surface area contributed by atoms with Crippen LogP contribution < -0.4 is 14.4 Å². The van der Waals surface area contributed by atoms with Crippen molar-refractivity contribution in [2.24, 2.45) is 0 Å². The van der Waals surface area contributed by atoms with Gasteiger partial charge in [0.2, 0.25) is 21.8 Å². The first-order valence-corrected chi connectivity index (χ1v) is 14.1. The first kappa shape index (κ1) is 30.0. The number of nitrogens with zero attached hydrogens (tertiary/aromatic N) is 2. The van der Waals surface area contributed by atoms with Gasteiger partial charge >= 0.3 is 0 Å². The Kier molecular flexibility index (Phi) is 10.7. The molecule has 0 unspecified atom stereocenters. The highest BCUT2D eigenvalue weighted by molar-refractivity contribution is 7.92. The highest BCUT2D eigenvalue weighted by Gasteiger charge is 2.32. The molecular weight excluding hydrogens is 549 g/mol. The molecule has 0 bridgehead atoms. The number of halogens is 3. The fourth-order valence-corrected chi connectivity index (χ4v) is 4.81. The topological polar surface area (TPSA) is 96.0 Å². The van der Waals surface area contributed by atoms with Crippen LogP contribution in [0.5, 0.6) is 5.75 Å². The van der Waals surface area contributed by atoms with E-state index < -0.39 is 28.5 Å². The second kappa shape index (κ2) is 12.9. The molecule has 1 N–H and O–H groups in total. The van der Waals surface area contributed by atoms with Gasteiger partial charge < -0.3 is 15.0 Å². The van der Waals surface area contributed by atoms with Crippen molar-refractivity contribution in [3.05, 3.63) is 57.0 Å². The lowest BCUT2D eigenvalue weighted by atomic mass is 10.1. The number of hydrogen-bond acceptors (Lipinski definition) is 5. The van der Waals surface area contributed by atoms with Crippen LogP contribution in [0.2, 0.25) is 15.1 Å². The van der Waals surface area contributed by atoms with E-state index in [0.29, 0.717) is 22.0 Å². The SMILES string of the molecule is CC[C@H](C)NC(=O)[C@H](C)N(Cc1ccc(Cl)cc1Cl)C(=O)CN(c1cc(Cl)ccc1OC)S(C)(=O)=O. The van der Waals surface area contributed by atoms with Crippen molar-refractivity contribution in [1.29, 1.82) is 0 Å². The Bertz CT molecular complexity index is 1210. The zero-order chi connectivity index (χ0) is 27.2. The van der Waals surface area contributed by atoms with Gasteiger partial charge in [0.15, 0.2) is 0 Å². The van der Waals surface area contributed by atoms with Crippen LogP contribution >= 0.6 is 34.8 Å². The molecule has 0 saturated heterocycles. The molecule has 0 aliphatic heterocycles. The summed E-state index contributed by atoms with van der Waals surface area (Å²) in [5.41, 5.74) is 0.644. The van der Waals surface area contributed by atoms with Crippen LogP contribution in [0.3, 0.4) is 0 Å². The summed E-state index contributed by atoms with van der Waals surface area (Å²) in [6, 6.07) is 8.21. The second-order valence-corrected chi connectivity index (χ2v) is 11.5. The number of hydrogen-bond donors (Lipinski definition) is 1. The summed E-state index contributed by atoms with van der Waals surface area (Å²) in [5.74, 6) is -0.790. The molecule has 0 aliphatic rings. The van der Waals surface area contributed by atoms with Gasteiger partial charge in [0.1, 0.15) is 18.3 Å². The molecule has 2 aromatic rings. The van der Waals surface area contributed by atoms with E-state index >= 15 is 0 Å². The van der Waals surface area contributed by atoms with Gasteiger partial charge in [-0.25, -0.2) is 8.42 Å². The van der Waals surface area contributed by atoms with E-state index in [4.69, 9.17) is 39.5 Å². The average Bonchev–Trinajstić information content (AvgIpc) is 2.80. The minimum Gasteiger partial charge on any atom is -0.495 e. The summed E-state index contributed by atoms with van der Waals surface area (Å²) in [5, 5.41) is 3.85. The summed E-state index contributed by atoms with van der Waals surface area (Å²) in [6.07, 6.45) is 1.67. The lowest BCUT2D eigenvalue weighted by Crippen LogP contribution is -2.52. The average molecular weight is 579 g/mol. The quantitative estimate of drug-likeness (QED) is 0.415. The van der Waals surface area contributed by atoms with E-state index in [9.17, 15) is 18.0 Å². The molecule has 2 atom stereocenters. The van der Waals surface area contributed by atoms with E-state index in [1.54, 1.807) is 25.1 Å². The van der Waals surface area contributed by atoms with Crippen molar-refractivity contribution in [2.75, 3.05) is 24.2 Å². The molecule has 0 aromatic heterocycles. The van der Waals surface area contributed by atoms with Crippen molar-refractivity contribution in [3.63, 3.8) is 0 Å². The number of anilines is 1. The number of ether oxygens (including phenoxy) is 1. The maximum absolute atomic E-state index is 13.6. The first-order valence-electron chi connectivity index (χ1n) is 11.1. The lowest BCUT2D eigenvalue weighted by Gasteiger charge is -2.32. The van der Waals surface area contributed by atoms with Crippen LogP contribution in [0.15, 0.2) is 36.4 Å². The number of carbonyl (C=O) groups is 2. The van der Waals surface area contributed by atoms with Crippen LogP contribution in [-0.4, -0.2) is 57.1 Å². The summed E-state index contributed by atoms with van der Waals surface area (Å²) < 4.78 is 31.7. The van der Waals surface area contributed by atoms with Gasteiger partial charge in [-0.2, -0.15) is 0 Å². The van der Waals surface area contributed by atoms with Gasteiger partial charge in [-0.3, -0.25) is 13.9 Å². The van der Waals surface area contributed by atoms with Crippen molar-refractivity contribution >= 4 is 62.3 Å². The molecule has 198 valence electrons. The highest BCUT2D eigenvalue weighted by Crippen LogP contribution is 2.33. The number of nitrogens with one attached hydrogen (secondary N) is 1.